The molecule has 0 spiro atoms. The topological polar surface area (TPSA) is 186 Å². The van der Waals surface area contributed by atoms with Gasteiger partial charge < -0.3 is 23.8 Å². The summed E-state index contributed by atoms with van der Waals surface area (Å²) in [5.41, 5.74) is 9.15. The molecule has 0 bridgehead atoms. The van der Waals surface area contributed by atoms with Gasteiger partial charge in [0.25, 0.3) is 19.5 Å². The molecule has 0 aliphatic carbocycles. The highest BCUT2D eigenvalue weighted by atomic mass is 32.8. The maximum Gasteiger partial charge on any atom is 0.426 e. The lowest BCUT2D eigenvalue weighted by atomic mass is 10.2. The van der Waals surface area contributed by atoms with Crippen LogP contribution in [-0.4, -0.2) is 40.8 Å². The number of rotatable bonds is 15. The van der Waals surface area contributed by atoms with E-state index in [-0.39, 0.29) is 16.3 Å². The van der Waals surface area contributed by atoms with E-state index in [2.05, 4.69) is 19.9 Å². The third-order valence-corrected chi connectivity index (χ3v) is 16.0. The van der Waals surface area contributed by atoms with Crippen molar-refractivity contribution in [3.63, 3.8) is 0 Å². The number of sulfonamides is 1. The number of hydrogen-bond acceptors (Lipinski definition) is 13. The van der Waals surface area contributed by atoms with Gasteiger partial charge in [0.15, 0.2) is 0 Å². The van der Waals surface area contributed by atoms with E-state index in [4.69, 9.17) is 23.8 Å². The molecular weight excluding hydrogens is 831 g/mol. The average Bonchev–Trinajstić information content (AvgIpc) is 3.25. The number of nitrogens with two attached hydrogens (primary N) is 1. The number of pyridine rings is 4. The van der Waals surface area contributed by atoms with E-state index >= 15 is 0 Å². The summed E-state index contributed by atoms with van der Waals surface area (Å²) in [4.78, 5) is 16.2. The van der Waals surface area contributed by atoms with Crippen molar-refractivity contribution in [3.05, 3.63) is 188 Å². The maximum atomic E-state index is 13.9. The Hall–Kier alpha value is -6.02. The van der Waals surface area contributed by atoms with Crippen LogP contribution in [0.3, 0.4) is 0 Å². The first-order valence-corrected chi connectivity index (χ1v) is 23.5. The molecule has 3 aromatic carbocycles. The molecule has 0 radical (unpaired) electrons. The van der Waals surface area contributed by atoms with Crippen LogP contribution in [0.15, 0.2) is 181 Å². The molecule has 0 saturated carbocycles. The molecule has 7 rings (SSSR count). The first kappa shape index (κ1) is 42.6. The fourth-order valence-electron chi connectivity index (χ4n) is 4.87. The van der Waals surface area contributed by atoms with Crippen LogP contribution in [0.2, 0.25) is 0 Å². The smallest absolute Gasteiger partial charge is 0.426 e. The highest BCUT2D eigenvalue weighted by Gasteiger charge is 2.38. The highest BCUT2D eigenvalue weighted by Crippen LogP contribution is 2.50. The second-order valence-electron chi connectivity index (χ2n) is 12.4. The first-order valence-electron chi connectivity index (χ1n) is 17.7. The van der Waals surface area contributed by atoms with E-state index in [1.165, 1.54) is 28.9 Å². The first-order chi connectivity index (χ1) is 28.5. The molecule has 0 aliphatic rings. The summed E-state index contributed by atoms with van der Waals surface area (Å²) in [6, 6.07) is 33.6. The lowest BCUT2D eigenvalue weighted by molar-refractivity contribution is 0.417. The van der Waals surface area contributed by atoms with Gasteiger partial charge in [-0.15, -0.1) is 4.08 Å². The Morgan fingerprint density at radius 1 is 0.525 bits per heavy atom. The summed E-state index contributed by atoms with van der Waals surface area (Å²) < 4.78 is 78.4. The van der Waals surface area contributed by atoms with Gasteiger partial charge in [-0.1, -0.05) is 53.6 Å². The number of aromatic nitrogens is 4. The number of anilines is 1. The fourth-order valence-corrected chi connectivity index (χ4v) is 11.6. The third kappa shape index (κ3) is 11.8. The lowest BCUT2D eigenvalue weighted by Gasteiger charge is -2.29. The Morgan fingerprint density at radius 2 is 0.932 bits per heavy atom. The number of benzene rings is 3. The molecule has 0 atom stereocenters. The minimum atomic E-state index is -4.06. The van der Waals surface area contributed by atoms with Gasteiger partial charge in [0, 0.05) is 30.5 Å². The van der Waals surface area contributed by atoms with Crippen molar-refractivity contribution in [1.29, 1.82) is 0 Å². The maximum absolute atomic E-state index is 13.9. The molecule has 0 aliphatic heterocycles. The molecule has 2 N–H and O–H groups in total. The second kappa shape index (κ2) is 20.1. The van der Waals surface area contributed by atoms with E-state index in [1.54, 1.807) is 146 Å². The van der Waals surface area contributed by atoms with Gasteiger partial charge in [0.2, 0.25) is 0 Å². The Balaban J connectivity index is 0.000000208. The summed E-state index contributed by atoms with van der Waals surface area (Å²) in [7, 11) is -12.5. The van der Waals surface area contributed by atoms with Crippen molar-refractivity contribution in [1.82, 2.24) is 24.0 Å². The van der Waals surface area contributed by atoms with Crippen molar-refractivity contribution in [2.45, 2.75) is 30.2 Å². The predicted octanol–water partition coefficient (Wildman–Crippen LogP) is 8.89. The van der Waals surface area contributed by atoms with Gasteiger partial charge in [-0.3, -0.25) is 19.9 Å². The normalized spacial score (nSPS) is 11.4. The van der Waals surface area contributed by atoms with Crippen molar-refractivity contribution >= 4 is 41.3 Å². The summed E-state index contributed by atoms with van der Waals surface area (Å²) in [5, 5.41) is 0. The van der Waals surface area contributed by atoms with Crippen LogP contribution in [0.1, 0.15) is 16.7 Å². The van der Waals surface area contributed by atoms with E-state index in [0.29, 0.717) is 34.2 Å². The molecular formula is C41H38N6O8P2S2. The average molecular weight is 869 g/mol. The predicted molar refractivity (Wildman–Crippen MR) is 226 cm³/mol. The number of nitrogen functional groups attached to an aromatic ring is 1. The van der Waals surface area contributed by atoms with E-state index in [9.17, 15) is 16.8 Å². The van der Waals surface area contributed by atoms with Crippen LogP contribution < -0.4 is 23.8 Å². The minimum absolute atomic E-state index is 0.0604. The molecule has 302 valence electrons. The summed E-state index contributed by atoms with van der Waals surface area (Å²) >= 11 is 0. The Kier molecular flexibility index (Phi) is 14.5. The Bertz CT molecular complexity index is 2520. The van der Waals surface area contributed by atoms with Crippen molar-refractivity contribution < 1.29 is 34.9 Å². The van der Waals surface area contributed by atoms with Crippen molar-refractivity contribution in [2.75, 3.05) is 5.73 Å². The van der Waals surface area contributed by atoms with Crippen LogP contribution in [0.25, 0.3) is 0 Å². The molecule has 0 fully saturated rings. The minimum Gasteiger partial charge on any atom is -0.426 e. The number of aryl methyl sites for hydroxylation is 2. The van der Waals surface area contributed by atoms with Crippen LogP contribution >= 0.6 is 16.1 Å². The summed E-state index contributed by atoms with van der Waals surface area (Å²) in [6.45, 7) is 3.72. The van der Waals surface area contributed by atoms with Gasteiger partial charge >= 0.3 is 16.1 Å². The number of nitrogens with zero attached hydrogens (tertiary/aromatic N) is 5. The molecule has 0 saturated heterocycles. The zero-order valence-corrected chi connectivity index (χ0v) is 35.1. The summed E-state index contributed by atoms with van der Waals surface area (Å²) in [6.07, 6.45) is 12.2. The van der Waals surface area contributed by atoms with Crippen LogP contribution in [-0.2, 0) is 26.0 Å². The van der Waals surface area contributed by atoms with Gasteiger partial charge in [0.05, 0.1) is 41.1 Å². The van der Waals surface area contributed by atoms with Crippen LogP contribution in [0.4, 0.5) is 5.69 Å². The van der Waals surface area contributed by atoms with Crippen molar-refractivity contribution in [2.24, 2.45) is 0 Å². The third-order valence-electron chi connectivity index (χ3n) is 7.92. The highest BCUT2D eigenvalue weighted by molar-refractivity contribution is 8.47. The zero-order valence-electron chi connectivity index (χ0n) is 31.7. The van der Waals surface area contributed by atoms with Crippen molar-refractivity contribution in [3.8, 4) is 23.0 Å². The van der Waals surface area contributed by atoms with E-state index < -0.39 is 35.6 Å². The lowest BCUT2D eigenvalue weighted by Crippen LogP contribution is -2.30. The van der Waals surface area contributed by atoms with Gasteiger partial charge in [-0.05, 0) is 98.3 Å². The molecule has 59 heavy (non-hydrogen) atoms. The molecule has 14 nitrogen and oxygen atoms in total. The van der Waals surface area contributed by atoms with Gasteiger partial charge in [-0.25, -0.2) is 16.8 Å². The largest absolute Gasteiger partial charge is 0.426 e. The number of para-hydroxylation sites is 1. The van der Waals surface area contributed by atoms with Crippen LogP contribution in [0.5, 0.6) is 23.0 Å². The molecule has 7 aromatic rings. The van der Waals surface area contributed by atoms with E-state index in [1.807, 2.05) is 13.8 Å². The second-order valence-corrected chi connectivity index (χ2v) is 20.4. The molecule has 4 aromatic heterocycles. The molecule has 0 amide bonds. The summed E-state index contributed by atoms with van der Waals surface area (Å²) in [5.74, 6) is 1.35. The Morgan fingerprint density at radius 3 is 1.34 bits per heavy atom. The standard InChI is InChI=1S/C24H23N4O4PS.C17H15N2O4PS/c1-19-10-12-23(13-11-19)34(29,30)28(18-20-6-2-3-9-24(20)25)33(31-21-7-4-14-26-16-21)32-22-8-5-15-27-17-22;1-14-6-8-17(9-7-14)25(20,21)24(22-15-4-2-10-18-12-15)23-16-5-3-11-19-13-16/h2-17H,18,25H2,1H3;2-13H,1H3. The fraction of sp³-hybridized carbons (Fsp3) is 0.0732. The zero-order chi connectivity index (χ0) is 41.7. The Labute approximate surface area is 345 Å². The molecule has 18 heteroatoms. The van der Waals surface area contributed by atoms with E-state index in [0.717, 1.165) is 11.1 Å². The molecule has 4 heterocycles. The van der Waals surface area contributed by atoms with Crippen LogP contribution in [0, 0.1) is 13.8 Å². The molecule has 0 unspecified atom stereocenters. The quantitative estimate of drug-likeness (QED) is 0.0761. The van der Waals surface area contributed by atoms with Gasteiger partial charge in [-0.2, -0.15) is 0 Å². The monoisotopic (exact) mass is 868 g/mol. The van der Waals surface area contributed by atoms with Gasteiger partial charge in [0.1, 0.15) is 23.0 Å². The number of hydrogen-bond donors (Lipinski definition) is 1. The SMILES string of the molecule is Cc1ccc(S(=O)(=O)N(Cc2ccccc2N)P(Oc2cccnc2)Oc2cccnc2)cc1.Cc1ccc(S(=O)(=O)P(Oc2cccnc2)Oc2cccnc2)cc1.